The maximum absolute atomic E-state index is 12.7. The maximum atomic E-state index is 12.7. The van der Waals surface area contributed by atoms with Crippen molar-refractivity contribution >= 4 is 50.2 Å². The summed E-state index contributed by atoms with van der Waals surface area (Å²) in [6, 6.07) is 13.0. The molecular formula is C20H20BrN3O2S. The molecule has 27 heavy (non-hydrogen) atoms. The fraction of sp³-hybridized carbons (Fsp3) is 0.250. The zero-order valence-electron chi connectivity index (χ0n) is 15.2. The molecule has 1 amide bonds. The molecule has 0 fully saturated rings. The van der Waals surface area contributed by atoms with Crippen LogP contribution in [0.4, 0.5) is 5.69 Å². The Labute approximate surface area is 170 Å². The van der Waals surface area contributed by atoms with Gasteiger partial charge in [-0.25, -0.2) is 4.98 Å². The minimum atomic E-state index is -0.132. The highest BCUT2D eigenvalue weighted by Crippen LogP contribution is 2.21. The van der Waals surface area contributed by atoms with E-state index in [1.54, 1.807) is 10.6 Å². The molecule has 2 aromatic carbocycles. The van der Waals surface area contributed by atoms with Crippen molar-refractivity contribution in [2.45, 2.75) is 32.0 Å². The molecule has 0 bridgehead atoms. The van der Waals surface area contributed by atoms with Crippen LogP contribution >= 0.6 is 27.7 Å². The fourth-order valence-corrected chi connectivity index (χ4v) is 3.80. The van der Waals surface area contributed by atoms with Crippen molar-refractivity contribution in [1.82, 2.24) is 9.55 Å². The summed E-state index contributed by atoms with van der Waals surface area (Å²) in [7, 11) is 0. The lowest BCUT2D eigenvalue weighted by Crippen LogP contribution is -2.24. The topological polar surface area (TPSA) is 64.0 Å². The molecule has 7 heteroatoms. The SMILES string of the molecule is CCCn1c(SCC(=O)Nc2ccc(Br)c(C)c2)nc2ccccc2c1=O. The van der Waals surface area contributed by atoms with Crippen molar-refractivity contribution in [2.75, 3.05) is 11.1 Å². The monoisotopic (exact) mass is 445 g/mol. The first-order valence-electron chi connectivity index (χ1n) is 8.68. The molecule has 3 aromatic rings. The van der Waals surface area contributed by atoms with Crippen LogP contribution in [0, 0.1) is 6.92 Å². The lowest BCUT2D eigenvalue weighted by Gasteiger charge is -2.12. The van der Waals surface area contributed by atoms with Gasteiger partial charge in [0.2, 0.25) is 5.91 Å². The zero-order valence-corrected chi connectivity index (χ0v) is 17.6. The van der Waals surface area contributed by atoms with E-state index < -0.39 is 0 Å². The van der Waals surface area contributed by atoms with Crippen LogP contribution in [0.5, 0.6) is 0 Å². The molecule has 0 unspecified atom stereocenters. The van der Waals surface area contributed by atoms with Gasteiger partial charge in [-0.15, -0.1) is 0 Å². The van der Waals surface area contributed by atoms with Gasteiger partial charge in [0, 0.05) is 16.7 Å². The number of amides is 1. The van der Waals surface area contributed by atoms with Crippen LogP contribution in [-0.4, -0.2) is 21.2 Å². The zero-order chi connectivity index (χ0) is 19.4. The van der Waals surface area contributed by atoms with Crippen molar-refractivity contribution < 1.29 is 4.79 Å². The van der Waals surface area contributed by atoms with Crippen LogP contribution in [0.2, 0.25) is 0 Å². The van der Waals surface area contributed by atoms with E-state index in [4.69, 9.17) is 0 Å². The number of nitrogens with one attached hydrogen (secondary N) is 1. The highest BCUT2D eigenvalue weighted by Gasteiger charge is 2.13. The number of aryl methyl sites for hydroxylation is 1. The largest absolute Gasteiger partial charge is 0.325 e. The molecule has 1 N–H and O–H groups in total. The molecule has 3 rings (SSSR count). The molecule has 0 aliphatic carbocycles. The van der Waals surface area contributed by atoms with Crippen LogP contribution in [-0.2, 0) is 11.3 Å². The normalized spacial score (nSPS) is 10.9. The van der Waals surface area contributed by atoms with Gasteiger partial charge in [-0.2, -0.15) is 0 Å². The molecule has 5 nitrogen and oxygen atoms in total. The van der Waals surface area contributed by atoms with Gasteiger partial charge in [0.15, 0.2) is 5.16 Å². The third-order valence-corrected chi connectivity index (χ3v) is 5.91. The Bertz CT molecular complexity index is 1050. The van der Waals surface area contributed by atoms with E-state index in [2.05, 4.69) is 26.2 Å². The van der Waals surface area contributed by atoms with E-state index in [9.17, 15) is 9.59 Å². The molecule has 0 aliphatic rings. The minimum absolute atomic E-state index is 0.0612. The summed E-state index contributed by atoms with van der Waals surface area (Å²) in [4.78, 5) is 29.7. The number of para-hydroxylation sites is 1. The molecule has 1 heterocycles. The third-order valence-electron chi connectivity index (χ3n) is 4.05. The molecule has 0 saturated heterocycles. The van der Waals surface area contributed by atoms with Crippen LogP contribution in [0.1, 0.15) is 18.9 Å². The van der Waals surface area contributed by atoms with Gasteiger partial charge < -0.3 is 5.32 Å². The van der Waals surface area contributed by atoms with Gasteiger partial charge >= 0.3 is 0 Å². The molecule has 0 atom stereocenters. The maximum Gasteiger partial charge on any atom is 0.262 e. The van der Waals surface area contributed by atoms with Crippen LogP contribution in [0.3, 0.4) is 0 Å². The quantitative estimate of drug-likeness (QED) is 0.444. The molecule has 0 aliphatic heterocycles. The number of benzene rings is 2. The summed E-state index contributed by atoms with van der Waals surface area (Å²) in [5, 5.41) is 4.06. The smallest absolute Gasteiger partial charge is 0.262 e. The van der Waals surface area contributed by atoms with Crippen molar-refractivity contribution in [3.05, 3.63) is 62.9 Å². The Morgan fingerprint density at radius 2 is 2.04 bits per heavy atom. The van der Waals surface area contributed by atoms with Gasteiger partial charge in [-0.3, -0.25) is 14.2 Å². The van der Waals surface area contributed by atoms with Gasteiger partial charge in [-0.05, 0) is 49.2 Å². The number of rotatable bonds is 6. The third kappa shape index (κ3) is 4.59. The predicted octanol–water partition coefficient (Wildman–Crippen LogP) is 4.61. The Hall–Kier alpha value is -2.12. The van der Waals surface area contributed by atoms with E-state index in [1.807, 2.05) is 50.2 Å². The van der Waals surface area contributed by atoms with Crippen LogP contribution < -0.4 is 10.9 Å². The average molecular weight is 446 g/mol. The van der Waals surface area contributed by atoms with Crippen molar-refractivity contribution in [3.63, 3.8) is 0 Å². The van der Waals surface area contributed by atoms with Crippen LogP contribution in [0.15, 0.2) is 56.9 Å². The van der Waals surface area contributed by atoms with Gasteiger partial charge in [0.25, 0.3) is 5.56 Å². The summed E-state index contributed by atoms with van der Waals surface area (Å²) >= 11 is 4.73. The number of hydrogen-bond acceptors (Lipinski definition) is 4. The molecular weight excluding hydrogens is 426 g/mol. The van der Waals surface area contributed by atoms with Gasteiger partial charge in [0.05, 0.1) is 16.7 Å². The summed E-state index contributed by atoms with van der Waals surface area (Å²) in [6.07, 6.45) is 0.817. The Balaban J connectivity index is 1.79. The van der Waals surface area contributed by atoms with Crippen molar-refractivity contribution in [1.29, 1.82) is 0 Å². The first-order valence-corrected chi connectivity index (χ1v) is 10.5. The lowest BCUT2D eigenvalue weighted by atomic mass is 10.2. The first-order chi connectivity index (χ1) is 13.0. The second-order valence-electron chi connectivity index (χ2n) is 6.17. The number of carbonyl (C=O) groups is 1. The number of carbonyl (C=O) groups excluding carboxylic acids is 1. The number of halogens is 1. The predicted molar refractivity (Wildman–Crippen MR) is 115 cm³/mol. The molecule has 140 valence electrons. The standard InChI is InChI=1S/C20H20BrN3O2S/c1-3-10-24-19(26)15-6-4-5-7-17(15)23-20(24)27-12-18(25)22-14-8-9-16(21)13(2)11-14/h4-9,11H,3,10,12H2,1-2H3,(H,22,25). The van der Waals surface area contributed by atoms with Crippen molar-refractivity contribution in [2.24, 2.45) is 0 Å². The number of anilines is 1. The molecule has 0 spiro atoms. The number of thioether (sulfide) groups is 1. The number of aromatic nitrogens is 2. The summed E-state index contributed by atoms with van der Waals surface area (Å²) < 4.78 is 2.66. The van der Waals surface area contributed by atoms with E-state index >= 15 is 0 Å². The van der Waals surface area contributed by atoms with E-state index in [0.29, 0.717) is 22.6 Å². The minimum Gasteiger partial charge on any atom is -0.325 e. The number of hydrogen-bond donors (Lipinski definition) is 1. The summed E-state index contributed by atoms with van der Waals surface area (Å²) in [6.45, 7) is 4.56. The second kappa shape index (κ2) is 8.71. The number of fused-ring (bicyclic) bond motifs is 1. The first kappa shape index (κ1) is 19.6. The average Bonchev–Trinajstić information content (AvgIpc) is 2.66. The highest BCUT2D eigenvalue weighted by atomic mass is 79.9. The van der Waals surface area contributed by atoms with Gasteiger partial charge in [-0.1, -0.05) is 46.7 Å². The number of nitrogens with zero attached hydrogens (tertiary/aromatic N) is 2. The molecule has 1 aromatic heterocycles. The summed E-state index contributed by atoms with van der Waals surface area (Å²) in [5.74, 6) is 0.0519. The highest BCUT2D eigenvalue weighted by molar-refractivity contribution is 9.10. The molecule has 0 saturated carbocycles. The van der Waals surface area contributed by atoms with E-state index in [-0.39, 0.29) is 17.2 Å². The Morgan fingerprint density at radius 1 is 1.26 bits per heavy atom. The van der Waals surface area contributed by atoms with Crippen molar-refractivity contribution in [3.8, 4) is 0 Å². The van der Waals surface area contributed by atoms with E-state index in [0.717, 1.165) is 22.1 Å². The summed E-state index contributed by atoms with van der Waals surface area (Å²) in [5.41, 5.74) is 2.39. The fourth-order valence-electron chi connectivity index (χ4n) is 2.73. The Kier molecular flexibility index (Phi) is 6.34. The van der Waals surface area contributed by atoms with E-state index in [1.165, 1.54) is 11.8 Å². The van der Waals surface area contributed by atoms with Gasteiger partial charge in [0.1, 0.15) is 0 Å². The second-order valence-corrected chi connectivity index (χ2v) is 7.97. The van der Waals surface area contributed by atoms with Crippen LogP contribution in [0.25, 0.3) is 10.9 Å². The molecule has 0 radical (unpaired) electrons. The lowest BCUT2D eigenvalue weighted by molar-refractivity contribution is -0.113. The Morgan fingerprint density at radius 3 is 2.78 bits per heavy atom.